The number of rotatable bonds is 9. The maximum absolute atomic E-state index is 12.2. The predicted molar refractivity (Wildman–Crippen MR) is 102 cm³/mol. The molecule has 0 aliphatic heterocycles. The first kappa shape index (κ1) is 21.3. The summed E-state index contributed by atoms with van der Waals surface area (Å²) in [6.07, 6.45) is 0. The van der Waals surface area contributed by atoms with Crippen molar-refractivity contribution in [3.8, 4) is 0 Å². The maximum atomic E-state index is 12.2. The van der Waals surface area contributed by atoms with Crippen molar-refractivity contribution in [1.82, 2.24) is 0 Å². The van der Waals surface area contributed by atoms with E-state index in [1.54, 1.807) is 24.0 Å². The molecule has 9 nitrogen and oxygen atoms in total. The number of anilines is 1. The van der Waals surface area contributed by atoms with Crippen molar-refractivity contribution in [3.05, 3.63) is 63.7 Å². The van der Waals surface area contributed by atoms with Crippen LogP contribution in [-0.2, 0) is 14.3 Å². The Balaban J connectivity index is 2.12. The van der Waals surface area contributed by atoms with Crippen molar-refractivity contribution >= 4 is 27.5 Å². The molecule has 0 heterocycles. The van der Waals surface area contributed by atoms with E-state index >= 15 is 0 Å². The molecule has 0 saturated carbocycles. The molecule has 0 radical (unpaired) electrons. The number of likely N-dealkylation sites (N-methyl/N-ethyl adjacent to an activating group) is 1. The lowest BCUT2D eigenvalue weighted by Crippen LogP contribution is -2.28. The lowest BCUT2D eigenvalue weighted by atomic mass is 10.1. The number of benzene rings is 2. The first-order chi connectivity index (χ1) is 13.2. The Morgan fingerprint density at radius 2 is 1.86 bits per heavy atom. The van der Waals surface area contributed by atoms with Crippen molar-refractivity contribution in [2.75, 3.05) is 24.6 Å². The van der Waals surface area contributed by atoms with Crippen LogP contribution in [0.2, 0.25) is 0 Å². The number of nitro groups is 1. The molecule has 0 aromatic heterocycles. The number of nitro benzene ring substituents is 1. The van der Waals surface area contributed by atoms with Crippen LogP contribution >= 0.6 is 0 Å². The SMILES string of the molecule is CCN(CCOS(=O)(=O)c1ccc(C)cc1)c1ccc(C(=O)O)c([N+](=O)[O-])c1. The molecule has 10 heteroatoms. The zero-order valence-electron chi connectivity index (χ0n) is 15.4. The zero-order chi connectivity index (χ0) is 20.9. The zero-order valence-corrected chi connectivity index (χ0v) is 16.2. The summed E-state index contributed by atoms with van der Waals surface area (Å²) >= 11 is 0. The van der Waals surface area contributed by atoms with Gasteiger partial charge >= 0.3 is 5.97 Å². The highest BCUT2D eigenvalue weighted by Gasteiger charge is 2.22. The highest BCUT2D eigenvalue weighted by atomic mass is 32.2. The summed E-state index contributed by atoms with van der Waals surface area (Å²) in [6.45, 7) is 4.01. The Morgan fingerprint density at radius 1 is 1.21 bits per heavy atom. The molecule has 150 valence electrons. The van der Waals surface area contributed by atoms with E-state index < -0.39 is 32.3 Å². The van der Waals surface area contributed by atoms with E-state index in [1.165, 1.54) is 18.2 Å². The van der Waals surface area contributed by atoms with E-state index in [4.69, 9.17) is 9.29 Å². The van der Waals surface area contributed by atoms with E-state index in [0.717, 1.165) is 17.7 Å². The van der Waals surface area contributed by atoms with E-state index in [2.05, 4.69) is 0 Å². The average molecular weight is 408 g/mol. The van der Waals surface area contributed by atoms with Crippen LogP contribution in [0.3, 0.4) is 0 Å². The van der Waals surface area contributed by atoms with Gasteiger partial charge in [-0.1, -0.05) is 17.7 Å². The molecule has 2 aromatic rings. The fourth-order valence-corrected chi connectivity index (χ4v) is 3.45. The lowest BCUT2D eigenvalue weighted by molar-refractivity contribution is -0.385. The summed E-state index contributed by atoms with van der Waals surface area (Å²) in [7, 11) is -3.92. The van der Waals surface area contributed by atoms with Crippen molar-refractivity contribution in [2.24, 2.45) is 0 Å². The summed E-state index contributed by atoms with van der Waals surface area (Å²) in [6, 6.07) is 9.99. The molecule has 0 aliphatic rings. The van der Waals surface area contributed by atoms with E-state index in [9.17, 15) is 23.3 Å². The van der Waals surface area contributed by atoms with Gasteiger partial charge in [-0.25, -0.2) is 4.79 Å². The van der Waals surface area contributed by atoms with Gasteiger partial charge in [-0.15, -0.1) is 0 Å². The maximum Gasteiger partial charge on any atom is 0.342 e. The van der Waals surface area contributed by atoms with E-state index in [-0.39, 0.29) is 18.0 Å². The van der Waals surface area contributed by atoms with Crippen LogP contribution in [-0.4, -0.2) is 44.1 Å². The number of carbonyl (C=O) groups is 1. The third-order valence-corrected chi connectivity index (χ3v) is 5.39. The van der Waals surface area contributed by atoms with Crippen molar-refractivity contribution < 1.29 is 27.4 Å². The fraction of sp³-hybridized carbons (Fsp3) is 0.278. The Kier molecular flexibility index (Phi) is 6.71. The number of carboxylic acid groups (broad SMARTS) is 1. The van der Waals surface area contributed by atoms with Gasteiger partial charge in [0.25, 0.3) is 15.8 Å². The Labute approximate surface area is 162 Å². The average Bonchev–Trinajstić information content (AvgIpc) is 2.65. The minimum Gasteiger partial charge on any atom is -0.477 e. The molecule has 1 N–H and O–H groups in total. The van der Waals surface area contributed by atoms with Gasteiger partial charge in [-0.05, 0) is 38.1 Å². The third kappa shape index (κ3) is 5.05. The van der Waals surface area contributed by atoms with Crippen LogP contribution in [0, 0.1) is 17.0 Å². The normalized spacial score (nSPS) is 11.2. The summed E-state index contributed by atoms with van der Waals surface area (Å²) < 4.78 is 29.5. The first-order valence-corrected chi connectivity index (χ1v) is 9.79. The topological polar surface area (TPSA) is 127 Å². The number of carboxylic acids is 1. The van der Waals surface area contributed by atoms with Crippen molar-refractivity contribution in [2.45, 2.75) is 18.7 Å². The number of aromatic carboxylic acids is 1. The van der Waals surface area contributed by atoms with Gasteiger partial charge in [-0.3, -0.25) is 14.3 Å². The summed E-state index contributed by atoms with van der Waals surface area (Å²) in [5.74, 6) is -1.39. The summed E-state index contributed by atoms with van der Waals surface area (Å²) in [5, 5.41) is 20.2. The molecular formula is C18H20N2O7S. The Bertz CT molecular complexity index is 972. The molecule has 0 aliphatic carbocycles. The molecular weight excluding hydrogens is 388 g/mol. The van der Waals surface area contributed by atoms with Crippen LogP contribution in [0.4, 0.5) is 11.4 Å². The van der Waals surface area contributed by atoms with Crippen LogP contribution in [0.25, 0.3) is 0 Å². The highest BCUT2D eigenvalue weighted by molar-refractivity contribution is 7.86. The van der Waals surface area contributed by atoms with Crippen LogP contribution < -0.4 is 4.90 Å². The van der Waals surface area contributed by atoms with Crippen molar-refractivity contribution in [3.63, 3.8) is 0 Å². The second-order valence-electron chi connectivity index (χ2n) is 5.93. The van der Waals surface area contributed by atoms with Crippen molar-refractivity contribution in [1.29, 1.82) is 0 Å². The lowest BCUT2D eigenvalue weighted by Gasteiger charge is -2.23. The van der Waals surface area contributed by atoms with Gasteiger partial charge in [0, 0.05) is 24.8 Å². The molecule has 0 fully saturated rings. The molecule has 28 heavy (non-hydrogen) atoms. The van der Waals surface area contributed by atoms with Gasteiger partial charge < -0.3 is 10.0 Å². The third-order valence-electron chi connectivity index (χ3n) is 4.06. The number of nitrogens with zero attached hydrogens (tertiary/aromatic N) is 2. The Morgan fingerprint density at radius 3 is 2.39 bits per heavy atom. The number of hydrogen-bond acceptors (Lipinski definition) is 7. The molecule has 0 unspecified atom stereocenters. The monoisotopic (exact) mass is 408 g/mol. The molecule has 0 spiro atoms. The minimum atomic E-state index is -3.92. The molecule has 0 amide bonds. The van der Waals surface area contributed by atoms with Crippen LogP contribution in [0.5, 0.6) is 0 Å². The van der Waals surface area contributed by atoms with Gasteiger partial charge in [0.05, 0.1) is 16.4 Å². The second-order valence-corrected chi connectivity index (χ2v) is 7.55. The predicted octanol–water partition coefficient (Wildman–Crippen LogP) is 2.83. The molecule has 0 bridgehead atoms. The van der Waals surface area contributed by atoms with Gasteiger partial charge in [0.2, 0.25) is 0 Å². The standard InChI is InChI=1S/C18H20N2O7S/c1-3-19(14-6-9-16(18(21)22)17(12-14)20(23)24)10-11-27-28(25,26)15-7-4-13(2)5-8-15/h4-9,12H,3,10-11H2,1-2H3,(H,21,22). The molecule has 2 rings (SSSR count). The van der Waals surface area contributed by atoms with E-state index in [0.29, 0.717) is 12.2 Å². The summed E-state index contributed by atoms with van der Waals surface area (Å²) in [5.41, 5.74) is 0.373. The number of aryl methyl sites for hydroxylation is 1. The highest BCUT2D eigenvalue weighted by Crippen LogP contribution is 2.26. The van der Waals surface area contributed by atoms with Gasteiger partial charge in [0.15, 0.2) is 0 Å². The van der Waals surface area contributed by atoms with Gasteiger partial charge in [-0.2, -0.15) is 8.42 Å². The first-order valence-electron chi connectivity index (χ1n) is 8.38. The molecule has 0 atom stereocenters. The molecule has 0 saturated heterocycles. The largest absolute Gasteiger partial charge is 0.477 e. The van der Waals surface area contributed by atoms with Crippen LogP contribution in [0.15, 0.2) is 47.4 Å². The second kappa shape index (κ2) is 8.81. The number of hydrogen-bond donors (Lipinski definition) is 1. The minimum absolute atomic E-state index is 0.0441. The molecule has 2 aromatic carbocycles. The Hall–Kier alpha value is -2.98. The van der Waals surface area contributed by atoms with Crippen LogP contribution in [0.1, 0.15) is 22.8 Å². The van der Waals surface area contributed by atoms with E-state index in [1.807, 2.05) is 6.92 Å². The quantitative estimate of drug-likeness (QED) is 0.381. The van der Waals surface area contributed by atoms with Gasteiger partial charge in [0.1, 0.15) is 5.56 Å². The fourth-order valence-electron chi connectivity index (χ4n) is 2.55. The smallest absolute Gasteiger partial charge is 0.342 e. The summed E-state index contributed by atoms with van der Waals surface area (Å²) in [4.78, 5) is 23.2.